The number of hydrogen-bond acceptors (Lipinski definition) is 5. The zero-order valence-electron chi connectivity index (χ0n) is 14.2. The summed E-state index contributed by atoms with van der Waals surface area (Å²) in [7, 11) is -3.81. The normalized spacial score (nSPS) is 11.0. The molecular weight excluding hydrogens is 315 g/mol. The summed E-state index contributed by atoms with van der Waals surface area (Å²) in [6, 6.07) is 0. The Hall–Kier alpha value is 0.380. The molecule has 22 heavy (non-hydrogen) atoms. The number of rotatable bonds is 14. The van der Waals surface area contributed by atoms with Crippen LogP contribution in [-0.2, 0) is 19.1 Å². The molecule has 0 aromatic rings. The third-order valence-corrected chi connectivity index (χ3v) is 4.49. The Morgan fingerprint density at radius 3 is 1.91 bits per heavy atom. The minimum Gasteiger partial charge on any atom is -0.396 e. The van der Waals surface area contributed by atoms with E-state index in [1.165, 1.54) is 38.5 Å². The van der Waals surface area contributed by atoms with Gasteiger partial charge in [-0.25, -0.2) is 0 Å². The average Bonchev–Trinajstić information content (AvgIpc) is 2.43. The van der Waals surface area contributed by atoms with Gasteiger partial charge in [-0.3, -0.25) is 4.79 Å². The van der Waals surface area contributed by atoms with Gasteiger partial charge in [0.05, 0.1) is 5.75 Å². The van der Waals surface area contributed by atoms with Gasteiger partial charge in [-0.2, -0.15) is 8.42 Å². The van der Waals surface area contributed by atoms with Gasteiger partial charge in [0, 0.05) is 42.6 Å². The standard InChI is InChI=1S/C15H30O5S.Na/c1-2-3-4-5-6-7-8-9-10-12-15(17)20-21(18,19)14-11-13-16;/h16H,2-14H2,1H3;. The summed E-state index contributed by atoms with van der Waals surface area (Å²) in [4.78, 5) is 11.4. The van der Waals surface area contributed by atoms with Gasteiger partial charge in [0.2, 0.25) is 0 Å². The molecule has 7 heteroatoms. The zero-order valence-corrected chi connectivity index (χ0v) is 17.0. The van der Waals surface area contributed by atoms with E-state index in [4.69, 9.17) is 5.11 Å². The summed E-state index contributed by atoms with van der Waals surface area (Å²) < 4.78 is 27.0. The maximum absolute atomic E-state index is 11.4. The van der Waals surface area contributed by atoms with Crippen molar-refractivity contribution in [2.24, 2.45) is 0 Å². The van der Waals surface area contributed by atoms with Gasteiger partial charge in [-0.1, -0.05) is 58.3 Å². The minimum atomic E-state index is -3.81. The van der Waals surface area contributed by atoms with Crippen LogP contribution in [-0.4, -0.2) is 61.4 Å². The van der Waals surface area contributed by atoms with E-state index >= 15 is 0 Å². The van der Waals surface area contributed by atoms with Crippen LogP contribution in [0.25, 0.3) is 0 Å². The van der Waals surface area contributed by atoms with E-state index in [1.54, 1.807) is 0 Å². The minimum absolute atomic E-state index is 0. The molecule has 5 nitrogen and oxygen atoms in total. The maximum atomic E-state index is 11.4. The van der Waals surface area contributed by atoms with Gasteiger partial charge in [-0.05, 0) is 12.8 Å². The van der Waals surface area contributed by atoms with E-state index in [0.717, 1.165) is 12.8 Å². The molecule has 0 saturated heterocycles. The predicted octanol–water partition coefficient (Wildman–Crippen LogP) is 2.78. The van der Waals surface area contributed by atoms with Crippen molar-refractivity contribution in [2.45, 2.75) is 77.6 Å². The quantitative estimate of drug-likeness (QED) is 0.297. The van der Waals surface area contributed by atoms with E-state index in [2.05, 4.69) is 11.1 Å². The molecular formula is C15H30NaO5S. The third kappa shape index (κ3) is 16.7. The second-order valence-electron chi connectivity index (χ2n) is 5.37. The van der Waals surface area contributed by atoms with Crippen molar-refractivity contribution in [3.8, 4) is 0 Å². The summed E-state index contributed by atoms with van der Waals surface area (Å²) in [5, 5.41) is 8.55. The fourth-order valence-electron chi connectivity index (χ4n) is 2.05. The Labute approximate surface area is 157 Å². The first-order valence-corrected chi connectivity index (χ1v) is 9.65. The molecule has 0 heterocycles. The zero-order chi connectivity index (χ0) is 16.0. The first-order valence-electron chi connectivity index (χ1n) is 8.07. The fourth-order valence-corrected chi connectivity index (χ4v) is 2.98. The van der Waals surface area contributed by atoms with Crippen molar-refractivity contribution in [3.63, 3.8) is 0 Å². The molecule has 0 saturated carbocycles. The SMILES string of the molecule is CCCCCCCCCCCC(=O)OS(=O)(=O)CCCO.[Na]. The van der Waals surface area contributed by atoms with Gasteiger partial charge >= 0.3 is 16.1 Å². The molecule has 0 aliphatic heterocycles. The second kappa shape index (κ2) is 16.2. The number of aliphatic hydroxyl groups is 1. The molecule has 0 fully saturated rings. The summed E-state index contributed by atoms with van der Waals surface area (Å²) >= 11 is 0. The van der Waals surface area contributed by atoms with Gasteiger partial charge in [0.15, 0.2) is 0 Å². The smallest absolute Gasteiger partial charge is 0.322 e. The number of carbonyl (C=O) groups is 1. The molecule has 1 N–H and O–H groups in total. The average molecular weight is 345 g/mol. The Balaban J connectivity index is 0. The fraction of sp³-hybridized carbons (Fsp3) is 0.933. The number of carbonyl (C=O) groups excluding carboxylic acids is 1. The summed E-state index contributed by atoms with van der Waals surface area (Å²) in [5.74, 6) is -0.997. The first kappa shape index (κ1) is 24.6. The molecule has 0 amide bonds. The number of unbranched alkanes of at least 4 members (excludes halogenated alkanes) is 8. The molecule has 0 aliphatic carbocycles. The van der Waals surface area contributed by atoms with Gasteiger partial charge in [0.1, 0.15) is 0 Å². The Morgan fingerprint density at radius 2 is 1.41 bits per heavy atom. The van der Waals surface area contributed by atoms with Crippen LogP contribution < -0.4 is 0 Å². The molecule has 0 rings (SSSR count). The topological polar surface area (TPSA) is 80.7 Å². The van der Waals surface area contributed by atoms with E-state index in [0.29, 0.717) is 6.42 Å². The van der Waals surface area contributed by atoms with Crippen molar-refractivity contribution in [1.82, 2.24) is 0 Å². The van der Waals surface area contributed by atoms with Crippen LogP contribution in [0.15, 0.2) is 0 Å². The molecule has 0 aromatic heterocycles. The monoisotopic (exact) mass is 345 g/mol. The van der Waals surface area contributed by atoms with Crippen LogP contribution in [0.3, 0.4) is 0 Å². The summed E-state index contributed by atoms with van der Waals surface area (Å²) in [6.07, 6.45) is 10.5. The molecule has 0 unspecified atom stereocenters. The Bertz CT molecular complexity index is 357. The molecule has 0 atom stereocenters. The maximum Gasteiger partial charge on any atom is 0.322 e. The predicted molar refractivity (Wildman–Crippen MR) is 89.2 cm³/mol. The first-order chi connectivity index (χ1) is 10.0. The third-order valence-electron chi connectivity index (χ3n) is 3.26. The molecule has 0 aliphatic rings. The molecule has 0 spiro atoms. The number of hydrogen-bond donors (Lipinski definition) is 1. The van der Waals surface area contributed by atoms with Crippen molar-refractivity contribution in [1.29, 1.82) is 0 Å². The van der Waals surface area contributed by atoms with E-state index in [1.807, 2.05) is 0 Å². The summed E-state index contributed by atoms with van der Waals surface area (Å²) in [5.41, 5.74) is 0. The Morgan fingerprint density at radius 1 is 0.909 bits per heavy atom. The van der Waals surface area contributed by atoms with Gasteiger partial charge in [-0.15, -0.1) is 0 Å². The van der Waals surface area contributed by atoms with Crippen molar-refractivity contribution < 1.29 is 22.5 Å². The van der Waals surface area contributed by atoms with Crippen LogP contribution in [0.5, 0.6) is 0 Å². The van der Waals surface area contributed by atoms with E-state index in [-0.39, 0.29) is 54.8 Å². The molecule has 127 valence electrons. The summed E-state index contributed by atoms with van der Waals surface area (Å²) in [6.45, 7) is 1.97. The van der Waals surface area contributed by atoms with E-state index in [9.17, 15) is 13.2 Å². The Kier molecular flexibility index (Phi) is 18.2. The van der Waals surface area contributed by atoms with Crippen molar-refractivity contribution >= 4 is 45.6 Å². The number of aliphatic hydroxyl groups excluding tert-OH is 1. The van der Waals surface area contributed by atoms with Gasteiger partial charge < -0.3 is 9.29 Å². The van der Waals surface area contributed by atoms with Crippen LogP contribution in [0.4, 0.5) is 0 Å². The molecule has 0 aromatic carbocycles. The van der Waals surface area contributed by atoms with E-state index < -0.39 is 16.1 Å². The van der Waals surface area contributed by atoms with Crippen LogP contribution in [0.1, 0.15) is 77.6 Å². The molecule has 0 bridgehead atoms. The van der Waals surface area contributed by atoms with Gasteiger partial charge in [0.25, 0.3) is 0 Å². The van der Waals surface area contributed by atoms with Crippen molar-refractivity contribution in [3.05, 3.63) is 0 Å². The van der Waals surface area contributed by atoms with Crippen molar-refractivity contribution in [2.75, 3.05) is 12.4 Å². The molecule has 1 radical (unpaired) electrons. The second-order valence-corrected chi connectivity index (χ2v) is 7.06. The largest absolute Gasteiger partial charge is 0.396 e. The van der Waals surface area contributed by atoms with Crippen LogP contribution in [0.2, 0.25) is 0 Å². The van der Waals surface area contributed by atoms with Crippen LogP contribution >= 0.6 is 0 Å². The van der Waals surface area contributed by atoms with Crippen LogP contribution in [0, 0.1) is 0 Å².